The fourth-order valence-corrected chi connectivity index (χ4v) is 2.55. The van der Waals surface area contributed by atoms with Gasteiger partial charge in [0.15, 0.2) is 0 Å². The minimum atomic E-state index is -0.0707. The number of amides is 2. The smallest absolute Gasteiger partial charge is 0.315 e. The Morgan fingerprint density at radius 2 is 1.82 bits per heavy atom. The zero-order chi connectivity index (χ0) is 11.7. The number of benzene rings is 1. The van der Waals surface area contributed by atoms with Crippen molar-refractivity contribution in [2.24, 2.45) is 0 Å². The van der Waals surface area contributed by atoms with E-state index < -0.39 is 0 Å². The van der Waals surface area contributed by atoms with Crippen LogP contribution in [0.25, 0.3) is 0 Å². The van der Waals surface area contributed by atoms with Crippen LogP contribution in [0.5, 0.6) is 0 Å². The Balaban J connectivity index is 1.73. The van der Waals surface area contributed by atoms with Crippen molar-refractivity contribution in [3.05, 3.63) is 29.8 Å². The first-order valence-corrected chi connectivity index (χ1v) is 6.22. The van der Waals surface area contributed by atoms with Crippen molar-refractivity contribution in [3.63, 3.8) is 0 Å². The quantitative estimate of drug-likeness (QED) is 0.812. The molecule has 0 aliphatic carbocycles. The van der Waals surface area contributed by atoms with Gasteiger partial charge in [0.2, 0.25) is 0 Å². The molecule has 0 radical (unpaired) electrons. The standard InChI is InChI=1S/C13H17N3O/c17-13-14-9-12(15-13)10-3-5-11(6-4-10)16-7-1-2-8-16/h3-6,12H,1-2,7-9H2,(H2,14,15,17). The van der Waals surface area contributed by atoms with Crippen molar-refractivity contribution in [1.82, 2.24) is 10.6 Å². The van der Waals surface area contributed by atoms with Crippen LogP contribution < -0.4 is 15.5 Å². The van der Waals surface area contributed by atoms with Gasteiger partial charge in [-0.15, -0.1) is 0 Å². The average Bonchev–Trinajstić information content (AvgIpc) is 3.00. The average molecular weight is 231 g/mol. The second-order valence-corrected chi connectivity index (χ2v) is 4.69. The first-order chi connectivity index (χ1) is 8.33. The molecule has 1 aromatic rings. The van der Waals surface area contributed by atoms with Crippen LogP contribution in [0.15, 0.2) is 24.3 Å². The minimum Gasteiger partial charge on any atom is -0.372 e. The van der Waals surface area contributed by atoms with Gasteiger partial charge in [-0.25, -0.2) is 4.79 Å². The molecule has 2 heterocycles. The molecule has 3 rings (SSSR count). The van der Waals surface area contributed by atoms with Crippen molar-refractivity contribution < 1.29 is 4.79 Å². The van der Waals surface area contributed by atoms with Gasteiger partial charge in [-0.05, 0) is 30.5 Å². The van der Waals surface area contributed by atoms with Gasteiger partial charge in [-0.1, -0.05) is 12.1 Å². The summed E-state index contributed by atoms with van der Waals surface area (Å²) in [6.45, 7) is 3.02. The van der Waals surface area contributed by atoms with Gasteiger partial charge in [-0.3, -0.25) is 0 Å². The highest BCUT2D eigenvalue weighted by atomic mass is 16.2. The second-order valence-electron chi connectivity index (χ2n) is 4.69. The Hall–Kier alpha value is -1.71. The molecule has 0 aromatic heterocycles. The number of carbonyl (C=O) groups excluding carboxylic acids is 1. The van der Waals surface area contributed by atoms with Crippen LogP contribution in [0.4, 0.5) is 10.5 Å². The summed E-state index contributed by atoms with van der Waals surface area (Å²) in [5.41, 5.74) is 2.47. The Morgan fingerprint density at radius 1 is 1.12 bits per heavy atom. The molecule has 4 heteroatoms. The summed E-state index contributed by atoms with van der Waals surface area (Å²) < 4.78 is 0. The van der Waals surface area contributed by atoms with Crippen molar-refractivity contribution in [3.8, 4) is 0 Å². The zero-order valence-corrected chi connectivity index (χ0v) is 9.78. The number of nitrogens with zero attached hydrogens (tertiary/aromatic N) is 1. The van der Waals surface area contributed by atoms with Gasteiger partial charge in [0, 0.05) is 25.3 Å². The first kappa shape index (κ1) is 10.4. The third-order valence-corrected chi connectivity index (χ3v) is 3.54. The molecule has 2 aliphatic heterocycles. The zero-order valence-electron chi connectivity index (χ0n) is 9.78. The maximum atomic E-state index is 11.1. The van der Waals surface area contributed by atoms with E-state index in [0.717, 1.165) is 0 Å². The predicted octanol–water partition coefficient (Wildman–Crippen LogP) is 1.64. The summed E-state index contributed by atoms with van der Waals surface area (Å²) >= 11 is 0. The lowest BCUT2D eigenvalue weighted by Crippen LogP contribution is -2.21. The summed E-state index contributed by atoms with van der Waals surface area (Å²) in [7, 11) is 0. The molecule has 2 amide bonds. The molecule has 1 aromatic carbocycles. The molecular weight excluding hydrogens is 214 g/mol. The molecule has 4 nitrogen and oxygen atoms in total. The number of urea groups is 1. The Morgan fingerprint density at radius 3 is 2.41 bits per heavy atom. The van der Waals surface area contributed by atoms with E-state index in [1.54, 1.807) is 0 Å². The number of hydrogen-bond donors (Lipinski definition) is 2. The van der Waals surface area contributed by atoms with E-state index in [-0.39, 0.29) is 12.1 Å². The Labute approximate surface area is 101 Å². The lowest BCUT2D eigenvalue weighted by atomic mass is 10.1. The first-order valence-electron chi connectivity index (χ1n) is 6.22. The van der Waals surface area contributed by atoms with Crippen LogP contribution in [-0.4, -0.2) is 25.7 Å². The fourth-order valence-electron chi connectivity index (χ4n) is 2.55. The third-order valence-electron chi connectivity index (χ3n) is 3.54. The van der Waals surface area contributed by atoms with Gasteiger partial charge in [0.1, 0.15) is 0 Å². The molecule has 0 spiro atoms. The Kier molecular flexibility index (Phi) is 2.63. The second kappa shape index (κ2) is 4.28. The van der Waals surface area contributed by atoms with Crippen LogP contribution in [0.2, 0.25) is 0 Å². The highest BCUT2D eigenvalue weighted by Crippen LogP contribution is 2.23. The van der Waals surface area contributed by atoms with Crippen molar-refractivity contribution in [1.29, 1.82) is 0 Å². The van der Waals surface area contributed by atoms with Crippen LogP contribution >= 0.6 is 0 Å². The van der Waals surface area contributed by atoms with E-state index in [9.17, 15) is 4.79 Å². The summed E-state index contributed by atoms with van der Waals surface area (Å²) in [6.07, 6.45) is 2.59. The molecule has 2 fully saturated rings. The van der Waals surface area contributed by atoms with Crippen molar-refractivity contribution in [2.75, 3.05) is 24.5 Å². The normalized spacial score (nSPS) is 23.6. The maximum Gasteiger partial charge on any atom is 0.315 e. The van der Waals surface area contributed by atoms with Crippen LogP contribution in [0.1, 0.15) is 24.4 Å². The number of hydrogen-bond acceptors (Lipinski definition) is 2. The maximum absolute atomic E-state index is 11.1. The lowest BCUT2D eigenvalue weighted by molar-refractivity contribution is 0.247. The number of rotatable bonds is 2. The molecule has 1 unspecified atom stereocenters. The van der Waals surface area contributed by atoms with Gasteiger partial charge in [0.05, 0.1) is 6.04 Å². The molecule has 2 aliphatic rings. The summed E-state index contributed by atoms with van der Waals surface area (Å²) in [5, 5.41) is 5.67. The van der Waals surface area contributed by atoms with Gasteiger partial charge in [-0.2, -0.15) is 0 Å². The number of carbonyl (C=O) groups is 1. The molecule has 0 saturated carbocycles. The molecule has 2 saturated heterocycles. The summed E-state index contributed by atoms with van der Waals surface area (Å²) in [6, 6.07) is 8.60. The molecule has 90 valence electrons. The molecule has 0 bridgehead atoms. The lowest BCUT2D eigenvalue weighted by Gasteiger charge is -2.18. The highest BCUT2D eigenvalue weighted by Gasteiger charge is 2.21. The number of anilines is 1. The van der Waals surface area contributed by atoms with Gasteiger partial charge in [0.25, 0.3) is 0 Å². The molecule has 17 heavy (non-hydrogen) atoms. The molecule has 1 atom stereocenters. The minimum absolute atomic E-state index is 0.0707. The SMILES string of the molecule is O=C1NCC(c2ccc(N3CCCC3)cc2)N1. The van der Waals surface area contributed by atoms with Gasteiger partial charge < -0.3 is 15.5 Å². The number of nitrogens with one attached hydrogen (secondary N) is 2. The molecular formula is C13H17N3O. The van der Waals surface area contributed by atoms with E-state index in [2.05, 4.69) is 39.8 Å². The Bertz CT molecular complexity index is 409. The summed E-state index contributed by atoms with van der Waals surface area (Å²) in [4.78, 5) is 13.5. The third kappa shape index (κ3) is 2.07. The fraction of sp³-hybridized carbons (Fsp3) is 0.462. The monoisotopic (exact) mass is 231 g/mol. The van der Waals surface area contributed by atoms with Crippen molar-refractivity contribution in [2.45, 2.75) is 18.9 Å². The van der Waals surface area contributed by atoms with Crippen molar-refractivity contribution >= 4 is 11.7 Å². The van der Waals surface area contributed by atoms with E-state index in [1.165, 1.54) is 37.2 Å². The molecule has 2 N–H and O–H groups in total. The van der Waals surface area contributed by atoms with E-state index >= 15 is 0 Å². The van der Waals surface area contributed by atoms with Crippen LogP contribution in [-0.2, 0) is 0 Å². The highest BCUT2D eigenvalue weighted by molar-refractivity contribution is 5.76. The van der Waals surface area contributed by atoms with E-state index in [1.807, 2.05) is 0 Å². The largest absolute Gasteiger partial charge is 0.372 e. The van der Waals surface area contributed by atoms with Crippen LogP contribution in [0, 0.1) is 0 Å². The topological polar surface area (TPSA) is 44.4 Å². The predicted molar refractivity (Wildman–Crippen MR) is 67.2 cm³/mol. The van der Waals surface area contributed by atoms with Crippen LogP contribution in [0.3, 0.4) is 0 Å². The van der Waals surface area contributed by atoms with E-state index in [4.69, 9.17) is 0 Å². The summed E-state index contributed by atoms with van der Waals surface area (Å²) in [5.74, 6) is 0. The van der Waals surface area contributed by atoms with Gasteiger partial charge >= 0.3 is 6.03 Å². The van der Waals surface area contributed by atoms with E-state index in [0.29, 0.717) is 6.54 Å².